The van der Waals surface area contributed by atoms with Crippen molar-refractivity contribution < 1.29 is 17.6 Å². The van der Waals surface area contributed by atoms with Crippen molar-refractivity contribution in [2.24, 2.45) is 5.92 Å². The summed E-state index contributed by atoms with van der Waals surface area (Å²) in [5, 5.41) is 6.93. The highest BCUT2D eigenvalue weighted by molar-refractivity contribution is 5.85. The summed E-state index contributed by atoms with van der Waals surface area (Å²) in [4.78, 5) is 13.1. The number of nitrogens with one attached hydrogen (secondary N) is 1. The molecule has 0 amide bonds. The maximum absolute atomic E-state index is 13.9. The van der Waals surface area contributed by atoms with Crippen molar-refractivity contribution in [1.82, 2.24) is 29.1 Å². The fraction of sp³-hybridized carbons (Fsp3) is 0.455. The largest absolute Gasteiger partial charge is 0.347 e. The number of rotatable bonds is 6. The molecule has 0 spiro atoms. The Morgan fingerprint density at radius 1 is 1.15 bits per heavy atom. The van der Waals surface area contributed by atoms with E-state index in [-0.39, 0.29) is 24.8 Å². The Morgan fingerprint density at radius 2 is 1.94 bits per heavy atom. The van der Waals surface area contributed by atoms with Gasteiger partial charge in [0, 0.05) is 48.3 Å². The molecule has 0 radical (unpaired) electrons. The zero-order valence-corrected chi connectivity index (χ0v) is 17.8. The Labute approximate surface area is 185 Å². The van der Waals surface area contributed by atoms with Crippen LogP contribution in [-0.2, 0) is 0 Å². The van der Waals surface area contributed by atoms with E-state index in [1.165, 1.54) is 0 Å². The summed E-state index contributed by atoms with van der Waals surface area (Å²) < 4.78 is 58.2. The summed E-state index contributed by atoms with van der Waals surface area (Å²) in [7, 11) is 0. The number of fused-ring (bicyclic) bond motifs is 2. The molecule has 0 aromatic carbocycles. The molecule has 4 aromatic rings. The van der Waals surface area contributed by atoms with Gasteiger partial charge in [-0.1, -0.05) is 0 Å². The van der Waals surface area contributed by atoms with Crippen molar-refractivity contribution in [3.05, 3.63) is 36.5 Å². The van der Waals surface area contributed by atoms with Crippen LogP contribution in [0.5, 0.6) is 0 Å². The topological polar surface area (TPSA) is 72.9 Å². The van der Waals surface area contributed by atoms with Crippen molar-refractivity contribution >= 4 is 22.6 Å². The summed E-state index contributed by atoms with van der Waals surface area (Å²) in [6, 6.07) is 3.41. The van der Waals surface area contributed by atoms with Crippen LogP contribution in [0.3, 0.4) is 0 Å². The van der Waals surface area contributed by atoms with Crippen LogP contribution in [-0.4, -0.2) is 47.5 Å². The predicted octanol–water partition coefficient (Wildman–Crippen LogP) is 4.88. The minimum Gasteiger partial charge on any atom is -0.347 e. The number of halogens is 4. The number of pyridine rings is 1. The van der Waals surface area contributed by atoms with Gasteiger partial charge in [-0.05, 0) is 31.9 Å². The molecular formula is C22H21F4N7. The van der Waals surface area contributed by atoms with Crippen LogP contribution >= 0.6 is 0 Å². The first-order valence-corrected chi connectivity index (χ1v) is 10.9. The lowest BCUT2D eigenvalue weighted by Crippen LogP contribution is -2.37. The van der Waals surface area contributed by atoms with Gasteiger partial charge in [-0.15, -0.1) is 5.10 Å². The second-order valence-electron chi connectivity index (χ2n) is 9.04. The van der Waals surface area contributed by atoms with E-state index in [0.717, 1.165) is 11.1 Å². The highest BCUT2D eigenvalue weighted by Gasteiger charge is 2.47. The van der Waals surface area contributed by atoms with E-state index in [4.69, 9.17) is 0 Å². The zero-order valence-electron chi connectivity index (χ0n) is 17.8. The van der Waals surface area contributed by atoms with Crippen LogP contribution in [0.1, 0.15) is 37.5 Å². The molecule has 172 valence electrons. The zero-order chi connectivity index (χ0) is 23.0. The molecule has 4 heterocycles. The molecule has 2 aliphatic carbocycles. The van der Waals surface area contributed by atoms with Crippen LogP contribution < -0.4 is 5.32 Å². The lowest BCUT2D eigenvalue weighted by atomic mass is 9.87. The van der Waals surface area contributed by atoms with E-state index in [9.17, 15) is 17.6 Å². The molecule has 0 bridgehead atoms. The Kier molecular flexibility index (Phi) is 4.25. The third-order valence-corrected chi connectivity index (χ3v) is 6.54. The van der Waals surface area contributed by atoms with Crippen LogP contribution in [0.15, 0.2) is 30.7 Å². The molecule has 1 N–H and O–H groups in total. The van der Waals surface area contributed by atoms with Crippen molar-refractivity contribution in [2.45, 2.75) is 50.5 Å². The average molecular weight is 459 g/mol. The smallest absolute Gasteiger partial charge is 0.267 e. The highest BCUT2D eigenvalue weighted by atomic mass is 19.3. The van der Waals surface area contributed by atoms with Gasteiger partial charge in [0.1, 0.15) is 5.82 Å². The monoisotopic (exact) mass is 459 g/mol. The molecule has 0 aliphatic heterocycles. The van der Waals surface area contributed by atoms with Crippen molar-refractivity contribution in [2.75, 3.05) is 11.9 Å². The number of aromatic nitrogens is 6. The minimum absolute atomic E-state index is 0.123. The molecule has 2 aliphatic rings. The van der Waals surface area contributed by atoms with E-state index in [2.05, 4.69) is 25.4 Å². The van der Waals surface area contributed by atoms with E-state index in [1.807, 2.05) is 16.7 Å². The van der Waals surface area contributed by atoms with E-state index in [0.29, 0.717) is 35.3 Å². The number of alkyl halides is 4. The van der Waals surface area contributed by atoms with Crippen molar-refractivity contribution in [3.63, 3.8) is 0 Å². The lowest BCUT2D eigenvalue weighted by molar-refractivity contribution is -0.103. The summed E-state index contributed by atoms with van der Waals surface area (Å²) in [5.74, 6) is -5.19. The SMILES string of the molecule is Cc1nc2ncc(-c3ccn4nc(NCC(F)(F)C5CC5)ncc34)cc2n1C1CC(F)(F)C1. The first-order valence-electron chi connectivity index (χ1n) is 10.9. The highest BCUT2D eigenvalue weighted by Crippen LogP contribution is 2.47. The van der Waals surface area contributed by atoms with Crippen molar-refractivity contribution in [3.8, 4) is 11.1 Å². The van der Waals surface area contributed by atoms with Gasteiger partial charge in [-0.2, -0.15) is 0 Å². The molecule has 7 nitrogen and oxygen atoms in total. The van der Waals surface area contributed by atoms with Gasteiger partial charge in [0.15, 0.2) is 5.65 Å². The maximum atomic E-state index is 13.9. The van der Waals surface area contributed by atoms with Crippen LogP contribution in [0, 0.1) is 12.8 Å². The summed E-state index contributed by atoms with van der Waals surface area (Å²) in [6.45, 7) is 1.29. The average Bonchev–Trinajstić information content (AvgIpc) is 3.46. The second kappa shape index (κ2) is 6.88. The molecule has 6 rings (SSSR count). The van der Waals surface area contributed by atoms with Crippen LogP contribution in [0.4, 0.5) is 23.5 Å². The first kappa shape index (κ1) is 20.4. The Bertz CT molecular complexity index is 1360. The molecular weight excluding hydrogens is 438 g/mol. The van der Waals surface area contributed by atoms with Crippen molar-refractivity contribution in [1.29, 1.82) is 0 Å². The van der Waals surface area contributed by atoms with Crippen LogP contribution in [0.25, 0.3) is 27.8 Å². The molecule has 0 unspecified atom stereocenters. The number of hydrogen-bond donors (Lipinski definition) is 1. The Balaban J connectivity index is 1.31. The van der Waals surface area contributed by atoms with Gasteiger partial charge < -0.3 is 9.88 Å². The first-order chi connectivity index (χ1) is 15.7. The normalized spacial score (nSPS) is 18.7. The molecule has 11 heteroatoms. The molecule has 2 fully saturated rings. The van der Waals surface area contributed by atoms with E-state index < -0.39 is 24.3 Å². The number of hydrogen-bond acceptors (Lipinski definition) is 5. The molecule has 33 heavy (non-hydrogen) atoms. The summed E-state index contributed by atoms with van der Waals surface area (Å²) in [6.07, 6.45) is 5.65. The quantitative estimate of drug-likeness (QED) is 0.416. The fourth-order valence-electron chi connectivity index (χ4n) is 4.58. The van der Waals surface area contributed by atoms with Gasteiger partial charge in [-0.25, -0.2) is 37.0 Å². The second-order valence-corrected chi connectivity index (χ2v) is 9.04. The van der Waals surface area contributed by atoms with Gasteiger partial charge in [0.05, 0.1) is 23.8 Å². The Hall–Kier alpha value is -3.24. The summed E-state index contributed by atoms with van der Waals surface area (Å²) in [5.41, 5.74) is 3.44. The molecule has 0 saturated heterocycles. The lowest BCUT2D eigenvalue weighted by Gasteiger charge is -2.36. The van der Waals surface area contributed by atoms with E-state index in [1.54, 1.807) is 30.0 Å². The van der Waals surface area contributed by atoms with Gasteiger partial charge in [0.2, 0.25) is 5.95 Å². The third-order valence-electron chi connectivity index (χ3n) is 6.54. The number of nitrogens with zero attached hydrogens (tertiary/aromatic N) is 6. The van der Waals surface area contributed by atoms with Gasteiger partial charge >= 0.3 is 0 Å². The Morgan fingerprint density at radius 3 is 2.67 bits per heavy atom. The maximum Gasteiger partial charge on any atom is 0.267 e. The van der Waals surface area contributed by atoms with Gasteiger partial charge in [0.25, 0.3) is 11.8 Å². The predicted molar refractivity (Wildman–Crippen MR) is 114 cm³/mol. The number of imidazole rings is 1. The molecule has 2 saturated carbocycles. The van der Waals surface area contributed by atoms with Gasteiger partial charge in [-0.3, -0.25) is 0 Å². The minimum atomic E-state index is -2.77. The standard InChI is InChI=1S/C22H21F4N7/c1-12-30-19-17(33(12)15-7-21(23,24)8-15)6-13(9-27-19)16-4-5-32-18(16)10-28-20(31-32)29-11-22(25,26)14-2-3-14/h4-6,9-10,14-15H,2-3,7-8,11H2,1H3,(H,29,31). The third kappa shape index (κ3) is 3.50. The molecule has 0 atom stereocenters. The number of anilines is 1. The summed E-state index contributed by atoms with van der Waals surface area (Å²) >= 11 is 0. The molecule has 4 aromatic heterocycles. The van der Waals surface area contributed by atoms with E-state index >= 15 is 0 Å². The number of aryl methyl sites for hydroxylation is 1. The van der Waals surface area contributed by atoms with Crippen LogP contribution in [0.2, 0.25) is 0 Å². The fourth-order valence-corrected chi connectivity index (χ4v) is 4.58.